The molecule has 0 aromatic carbocycles. The van der Waals surface area contributed by atoms with Crippen molar-refractivity contribution in [3.63, 3.8) is 0 Å². The Bertz CT molecular complexity index is 1490. The fourth-order valence-corrected chi connectivity index (χ4v) is 5.42. The van der Waals surface area contributed by atoms with Crippen molar-refractivity contribution >= 4 is 28.4 Å². The van der Waals surface area contributed by atoms with Crippen LogP contribution in [0.3, 0.4) is 0 Å². The molecule has 14 heteroatoms. The molecule has 2 fully saturated rings. The number of aromatic nitrogens is 6. The first-order valence-corrected chi connectivity index (χ1v) is 12.4. The average Bonchev–Trinajstić information content (AvgIpc) is 3.39. The normalized spacial score (nSPS) is 22.4. The number of pyridine rings is 1. The number of aryl methyl sites for hydroxylation is 1. The molecule has 0 radical (unpaired) electrons. The molecule has 0 amide bonds. The molecule has 4 aromatic heterocycles. The highest BCUT2D eigenvalue weighted by molar-refractivity contribution is 5.88. The summed E-state index contributed by atoms with van der Waals surface area (Å²) in [6.07, 6.45) is -2.21. The molecule has 5 heterocycles. The topological polar surface area (TPSA) is 102 Å². The van der Waals surface area contributed by atoms with Crippen molar-refractivity contribution in [1.82, 2.24) is 34.0 Å². The maximum atomic E-state index is 14.9. The van der Waals surface area contributed by atoms with Gasteiger partial charge in [-0.25, -0.2) is 36.4 Å². The third kappa shape index (κ3) is 4.40. The van der Waals surface area contributed by atoms with Gasteiger partial charge in [-0.05, 0) is 31.5 Å². The minimum Gasteiger partial charge on any atom is -0.382 e. The minimum absolute atomic E-state index is 0.0690. The summed E-state index contributed by atoms with van der Waals surface area (Å²) in [5.74, 6) is -1.93. The molecule has 2 atom stereocenters. The Morgan fingerprint density at radius 1 is 1.16 bits per heavy atom. The third-order valence-electron chi connectivity index (χ3n) is 7.39. The second-order valence-corrected chi connectivity index (χ2v) is 10.0. The molecule has 3 N–H and O–H groups in total. The van der Waals surface area contributed by atoms with Gasteiger partial charge in [0.05, 0.1) is 18.3 Å². The van der Waals surface area contributed by atoms with Gasteiger partial charge in [0.25, 0.3) is 12.3 Å². The molecule has 38 heavy (non-hydrogen) atoms. The number of piperidine rings is 1. The van der Waals surface area contributed by atoms with Crippen LogP contribution in [0.4, 0.5) is 33.7 Å². The molecule has 4 aromatic rings. The Hall–Kier alpha value is -3.55. The van der Waals surface area contributed by atoms with Crippen LogP contribution in [0.25, 0.3) is 27.9 Å². The molecule has 0 bridgehead atoms. The first-order chi connectivity index (χ1) is 18.1. The Labute approximate surface area is 213 Å². The number of likely N-dealkylation sites (tertiary alicyclic amines) is 1. The smallest absolute Gasteiger partial charge is 0.256 e. The fraction of sp³-hybridized carbons (Fsp3) is 0.500. The molecule has 1 aliphatic carbocycles. The summed E-state index contributed by atoms with van der Waals surface area (Å²) in [6.45, 7) is 1.70. The summed E-state index contributed by atoms with van der Waals surface area (Å²) in [6, 6.07) is 4.31. The summed E-state index contributed by atoms with van der Waals surface area (Å²) in [4.78, 5) is 15.0. The number of rotatable bonds is 6. The van der Waals surface area contributed by atoms with Gasteiger partial charge in [0.15, 0.2) is 11.5 Å². The van der Waals surface area contributed by atoms with Gasteiger partial charge in [-0.2, -0.15) is 4.98 Å². The monoisotopic (exact) mass is 535 g/mol. The van der Waals surface area contributed by atoms with Gasteiger partial charge < -0.3 is 15.6 Å². The van der Waals surface area contributed by atoms with E-state index in [1.165, 1.54) is 9.08 Å². The van der Waals surface area contributed by atoms with Crippen molar-refractivity contribution in [3.05, 3.63) is 30.2 Å². The van der Waals surface area contributed by atoms with E-state index in [1.807, 2.05) is 0 Å². The number of fused-ring (bicyclic) bond motifs is 2. The maximum absolute atomic E-state index is 14.9. The van der Waals surface area contributed by atoms with Gasteiger partial charge in [0.2, 0.25) is 5.95 Å². The highest BCUT2D eigenvalue weighted by Crippen LogP contribution is 2.41. The molecule has 6 rings (SSSR count). The number of nitrogens with two attached hydrogens (primary N) is 1. The summed E-state index contributed by atoms with van der Waals surface area (Å²) < 4.78 is 70.4. The van der Waals surface area contributed by atoms with E-state index < -0.39 is 31.1 Å². The highest BCUT2D eigenvalue weighted by Gasteiger charge is 2.49. The molecular formula is C24H26F5N9. The van der Waals surface area contributed by atoms with E-state index in [2.05, 4.69) is 25.4 Å². The number of nitrogen functional groups attached to an aromatic ring is 1. The van der Waals surface area contributed by atoms with Gasteiger partial charge in [-0.1, -0.05) is 0 Å². The summed E-state index contributed by atoms with van der Waals surface area (Å²) >= 11 is 0. The van der Waals surface area contributed by atoms with Gasteiger partial charge in [0, 0.05) is 43.7 Å². The molecule has 202 valence electrons. The van der Waals surface area contributed by atoms with Gasteiger partial charge in [-0.3, -0.25) is 4.90 Å². The second kappa shape index (κ2) is 9.03. The van der Waals surface area contributed by atoms with Crippen molar-refractivity contribution in [1.29, 1.82) is 0 Å². The predicted molar refractivity (Wildman–Crippen MR) is 131 cm³/mol. The van der Waals surface area contributed by atoms with E-state index in [0.29, 0.717) is 46.7 Å². The molecule has 0 spiro atoms. The van der Waals surface area contributed by atoms with E-state index >= 15 is 0 Å². The Balaban J connectivity index is 1.23. The molecule has 1 saturated carbocycles. The number of anilines is 2. The molecule has 9 nitrogen and oxygen atoms in total. The number of hydrogen-bond acceptors (Lipinski definition) is 7. The zero-order chi connectivity index (χ0) is 26.8. The van der Waals surface area contributed by atoms with Crippen molar-refractivity contribution in [3.8, 4) is 11.3 Å². The van der Waals surface area contributed by atoms with Crippen molar-refractivity contribution in [2.24, 2.45) is 0 Å². The third-order valence-corrected chi connectivity index (χ3v) is 7.39. The molecule has 1 saturated heterocycles. The average molecular weight is 536 g/mol. The van der Waals surface area contributed by atoms with E-state index in [4.69, 9.17) is 5.73 Å². The molecule has 1 aliphatic heterocycles. The Kier molecular flexibility index (Phi) is 5.89. The van der Waals surface area contributed by atoms with E-state index in [1.54, 1.807) is 36.2 Å². The van der Waals surface area contributed by atoms with Crippen LogP contribution in [0.2, 0.25) is 0 Å². The fourth-order valence-electron chi connectivity index (χ4n) is 5.42. The predicted octanol–water partition coefficient (Wildman–Crippen LogP) is 3.92. The zero-order valence-corrected chi connectivity index (χ0v) is 20.5. The Morgan fingerprint density at radius 2 is 1.95 bits per heavy atom. The van der Waals surface area contributed by atoms with Crippen LogP contribution >= 0.6 is 0 Å². The van der Waals surface area contributed by atoms with Crippen molar-refractivity contribution in [2.45, 2.75) is 63.3 Å². The van der Waals surface area contributed by atoms with Gasteiger partial charge in [-0.15, -0.1) is 5.10 Å². The summed E-state index contributed by atoms with van der Waals surface area (Å²) in [5, 5.41) is 7.43. The first kappa shape index (κ1) is 24.8. The number of halogens is 5. The second-order valence-electron chi connectivity index (χ2n) is 10.0. The van der Waals surface area contributed by atoms with Crippen LogP contribution in [0.1, 0.15) is 25.1 Å². The number of alkyl halides is 5. The largest absolute Gasteiger partial charge is 0.382 e. The van der Waals surface area contributed by atoms with Gasteiger partial charge in [0.1, 0.15) is 23.0 Å². The molecule has 0 unspecified atom stereocenters. The summed E-state index contributed by atoms with van der Waals surface area (Å²) in [5.41, 5.74) is 8.68. The lowest BCUT2D eigenvalue weighted by Crippen LogP contribution is -2.57. The minimum atomic E-state index is -2.64. The Morgan fingerprint density at radius 3 is 2.66 bits per heavy atom. The lowest BCUT2D eigenvalue weighted by molar-refractivity contribution is -0.131. The van der Waals surface area contributed by atoms with Crippen LogP contribution in [-0.4, -0.2) is 77.7 Å². The molecular weight excluding hydrogens is 509 g/mol. The van der Waals surface area contributed by atoms with Crippen LogP contribution < -0.4 is 11.1 Å². The highest BCUT2D eigenvalue weighted by atomic mass is 19.3. The first-order valence-electron chi connectivity index (χ1n) is 12.4. The van der Waals surface area contributed by atoms with Crippen LogP contribution in [0.5, 0.6) is 0 Å². The van der Waals surface area contributed by atoms with Crippen LogP contribution in [0.15, 0.2) is 24.4 Å². The lowest BCUT2D eigenvalue weighted by Gasteiger charge is -2.46. The number of imidazole rings is 1. The zero-order valence-electron chi connectivity index (χ0n) is 20.5. The van der Waals surface area contributed by atoms with E-state index in [0.717, 1.165) is 0 Å². The SMILES string of the molecule is Cc1nc2ccc(-c3ccn4nc(N[C@H]5CCN(C6CC(F)(F)C6)C[C@H]5F)nc(N)c34)nc2n1CC(F)F. The number of nitrogens with one attached hydrogen (secondary N) is 1. The van der Waals surface area contributed by atoms with Gasteiger partial charge >= 0.3 is 0 Å². The summed E-state index contributed by atoms with van der Waals surface area (Å²) in [7, 11) is 0. The van der Waals surface area contributed by atoms with Crippen LogP contribution in [-0.2, 0) is 6.54 Å². The molecule has 2 aliphatic rings. The number of nitrogens with zero attached hydrogens (tertiary/aromatic N) is 7. The van der Waals surface area contributed by atoms with Crippen molar-refractivity contribution < 1.29 is 22.0 Å². The van der Waals surface area contributed by atoms with Crippen molar-refractivity contribution in [2.75, 3.05) is 24.1 Å². The van der Waals surface area contributed by atoms with E-state index in [9.17, 15) is 22.0 Å². The quantitative estimate of drug-likeness (QED) is 0.361. The standard InChI is InChI=1S/C24H26F5N9/c1-12-31-18-3-2-16(32-22(18)37(12)11-19(26)27)14-4-7-38-20(14)21(30)34-23(35-38)33-17-5-6-36(10-15(17)25)13-8-24(28,29)9-13/h2-4,7,13,15,17,19H,5-6,8-11H2,1H3,(H3,30,33,34,35)/t15-,17+/m1/s1. The van der Waals surface area contributed by atoms with E-state index in [-0.39, 0.29) is 37.2 Å². The maximum Gasteiger partial charge on any atom is 0.256 e. The number of hydrogen-bond donors (Lipinski definition) is 2. The van der Waals surface area contributed by atoms with Crippen LogP contribution in [0, 0.1) is 6.92 Å². The lowest BCUT2D eigenvalue weighted by atomic mass is 9.85.